The van der Waals surface area contributed by atoms with Crippen LogP contribution in [0.3, 0.4) is 0 Å². The number of carbonyl (C=O) groups is 2. The number of aliphatic carboxylic acids is 1. The molecule has 2 aliphatic heterocycles. The fraction of sp³-hybridized carbons (Fsp3) is 0.857. The van der Waals surface area contributed by atoms with Crippen molar-refractivity contribution in [1.82, 2.24) is 5.32 Å². The van der Waals surface area contributed by atoms with Crippen LogP contribution in [0.4, 0.5) is 0 Å². The van der Waals surface area contributed by atoms with Crippen LogP contribution in [0.15, 0.2) is 0 Å². The maximum absolute atomic E-state index is 11.8. The number of rotatable bonds is 6. The smallest absolute Gasteiger partial charge is 0.311 e. The fourth-order valence-corrected chi connectivity index (χ4v) is 2.75. The molecule has 1 unspecified atom stereocenters. The van der Waals surface area contributed by atoms with Crippen molar-refractivity contribution in [2.75, 3.05) is 26.4 Å². The van der Waals surface area contributed by atoms with Crippen LogP contribution < -0.4 is 5.32 Å². The first-order chi connectivity index (χ1) is 9.62. The summed E-state index contributed by atoms with van der Waals surface area (Å²) in [4.78, 5) is 23.2. The first-order valence-corrected chi connectivity index (χ1v) is 7.32. The third-order valence-corrected chi connectivity index (χ3v) is 4.24. The van der Waals surface area contributed by atoms with Crippen molar-refractivity contribution < 1.29 is 24.2 Å². The molecule has 20 heavy (non-hydrogen) atoms. The summed E-state index contributed by atoms with van der Waals surface area (Å²) in [5, 5.41) is 12.1. The minimum atomic E-state index is -0.863. The molecule has 0 aromatic rings. The van der Waals surface area contributed by atoms with Gasteiger partial charge < -0.3 is 19.9 Å². The van der Waals surface area contributed by atoms with Crippen LogP contribution in [0, 0.1) is 5.41 Å². The molecule has 114 valence electrons. The largest absolute Gasteiger partial charge is 0.481 e. The molecule has 2 fully saturated rings. The van der Waals surface area contributed by atoms with E-state index in [0.717, 1.165) is 25.9 Å². The van der Waals surface area contributed by atoms with E-state index in [1.807, 2.05) is 0 Å². The molecule has 0 radical (unpaired) electrons. The molecule has 0 aromatic carbocycles. The minimum Gasteiger partial charge on any atom is -0.481 e. The first-order valence-electron chi connectivity index (χ1n) is 7.32. The van der Waals surface area contributed by atoms with E-state index in [9.17, 15) is 14.7 Å². The number of ether oxygens (including phenoxy) is 2. The van der Waals surface area contributed by atoms with E-state index in [1.165, 1.54) is 0 Å². The lowest BCUT2D eigenvalue weighted by molar-refractivity contribution is -0.154. The van der Waals surface area contributed by atoms with Gasteiger partial charge in [0.15, 0.2) is 0 Å². The zero-order chi connectivity index (χ0) is 14.4. The molecule has 2 rings (SSSR count). The highest BCUT2D eigenvalue weighted by Gasteiger charge is 2.40. The topological polar surface area (TPSA) is 84.9 Å². The van der Waals surface area contributed by atoms with Crippen molar-refractivity contribution in [3.8, 4) is 0 Å². The molecule has 2 saturated heterocycles. The van der Waals surface area contributed by atoms with E-state index in [2.05, 4.69) is 5.32 Å². The zero-order valence-electron chi connectivity index (χ0n) is 11.7. The van der Waals surface area contributed by atoms with Gasteiger partial charge in [0.1, 0.15) is 0 Å². The Kier molecular flexibility index (Phi) is 5.37. The molecule has 0 aliphatic carbocycles. The molecule has 1 atom stereocenters. The van der Waals surface area contributed by atoms with Crippen molar-refractivity contribution in [1.29, 1.82) is 0 Å². The SMILES string of the molecule is O=C(CCC1CCCO1)NCC1(C(=O)O)CCOCC1. The van der Waals surface area contributed by atoms with Gasteiger partial charge >= 0.3 is 5.97 Å². The highest BCUT2D eigenvalue weighted by molar-refractivity contribution is 5.79. The van der Waals surface area contributed by atoms with Crippen LogP contribution in [-0.4, -0.2) is 49.5 Å². The van der Waals surface area contributed by atoms with E-state index in [0.29, 0.717) is 32.5 Å². The third-order valence-electron chi connectivity index (χ3n) is 4.24. The second-order valence-corrected chi connectivity index (χ2v) is 5.65. The predicted octanol–water partition coefficient (Wildman–Crippen LogP) is 0.943. The van der Waals surface area contributed by atoms with Gasteiger partial charge in [0.25, 0.3) is 0 Å². The van der Waals surface area contributed by atoms with E-state index >= 15 is 0 Å². The van der Waals surface area contributed by atoms with Crippen molar-refractivity contribution in [2.45, 2.75) is 44.6 Å². The van der Waals surface area contributed by atoms with Crippen LogP contribution >= 0.6 is 0 Å². The third kappa shape index (κ3) is 3.93. The van der Waals surface area contributed by atoms with Gasteiger partial charge in [-0.2, -0.15) is 0 Å². The maximum atomic E-state index is 11.8. The predicted molar refractivity (Wildman–Crippen MR) is 71.3 cm³/mol. The molecule has 0 spiro atoms. The molecule has 2 N–H and O–H groups in total. The quantitative estimate of drug-likeness (QED) is 0.759. The average molecular weight is 285 g/mol. The number of carbonyl (C=O) groups excluding carboxylic acids is 1. The lowest BCUT2D eigenvalue weighted by Crippen LogP contribution is -2.46. The molecule has 6 nitrogen and oxygen atoms in total. The molecule has 0 saturated carbocycles. The van der Waals surface area contributed by atoms with E-state index < -0.39 is 11.4 Å². The minimum absolute atomic E-state index is 0.0902. The van der Waals surface area contributed by atoms with Gasteiger partial charge in [-0.05, 0) is 32.1 Å². The maximum Gasteiger partial charge on any atom is 0.311 e. The summed E-state index contributed by atoms with van der Waals surface area (Å²) >= 11 is 0. The van der Waals surface area contributed by atoms with E-state index in [4.69, 9.17) is 9.47 Å². The summed E-state index contributed by atoms with van der Waals surface area (Å²) in [6.07, 6.45) is 4.30. The van der Waals surface area contributed by atoms with Crippen molar-refractivity contribution in [3.05, 3.63) is 0 Å². The Morgan fingerprint density at radius 1 is 1.25 bits per heavy atom. The summed E-state index contributed by atoms with van der Waals surface area (Å²) in [7, 11) is 0. The Morgan fingerprint density at radius 2 is 2.00 bits per heavy atom. The van der Waals surface area contributed by atoms with Crippen LogP contribution in [0.25, 0.3) is 0 Å². The Labute approximate surface area is 118 Å². The summed E-state index contributed by atoms with van der Waals surface area (Å²) < 4.78 is 10.7. The van der Waals surface area contributed by atoms with Crippen molar-refractivity contribution in [2.24, 2.45) is 5.41 Å². The fourth-order valence-electron chi connectivity index (χ4n) is 2.75. The molecular formula is C14H23NO5. The number of carboxylic acid groups (broad SMARTS) is 1. The second kappa shape index (κ2) is 7.04. The van der Waals surface area contributed by atoms with Crippen LogP contribution in [0.1, 0.15) is 38.5 Å². The lowest BCUT2D eigenvalue weighted by atomic mass is 9.80. The summed E-state index contributed by atoms with van der Waals surface area (Å²) in [5.74, 6) is -0.937. The lowest BCUT2D eigenvalue weighted by Gasteiger charge is -2.33. The number of amides is 1. The van der Waals surface area contributed by atoms with Gasteiger partial charge in [0, 0.05) is 32.8 Å². The summed E-state index contributed by atoms with van der Waals surface area (Å²) in [6, 6.07) is 0. The first kappa shape index (κ1) is 15.3. The van der Waals surface area contributed by atoms with Crippen LogP contribution in [0.5, 0.6) is 0 Å². The molecular weight excluding hydrogens is 262 g/mol. The molecule has 2 aliphatic rings. The van der Waals surface area contributed by atoms with Gasteiger partial charge in [-0.25, -0.2) is 0 Å². The van der Waals surface area contributed by atoms with E-state index in [1.54, 1.807) is 0 Å². The van der Waals surface area contributed by atoms with Gasteiger partial charge in [-0.1, -0.05) is 0 Å². The molecule has 2 heterocycles. The average Bonchev–Trinajstić information content (AvgIpc) is 2.97. The normalized spacial score (nSPS) is 25.3. The van der Waals surface area contributed by atoms with Crippen molar-refractivity contribution in [3.63, 3.8) is 0 Å². The van der Waals surface area contributed by atoms with Gasteiger partial charge in [0.2, 0.25) is 5.91 Å². The molecule has 1 amide bonds. The Hall–Kier alpha value is -1.14. The molecule has 6 heteroatoms. The van der Waals surface area contributed by atoms with Gasteiger partial charge in [-0.3, -0.25) is 9.59 Å². The van der Waals surface area contributed by atoms with E-state index in [-0.39, 0.29) is 18.6 Å². The van der Waals surface area contributed by atoms with Gasteiger partial charge in [0.05, 0.1) is 11.5 Å². The van der Waals surface area contributed by atoms with Crippen LogP contribution in [-0.2, 0) is 19.1 Å². The standard InChI is InChI=1S/C14H23NO5/c16-12(4-3-11-2-1-7-20-11)15-10-14(13(17)18)5-8-19-9-6-14/h11H,1-10H2,(H,15,16)(H,17,18). The number of hydrogen-bond acceptors (Lipinski definition) is 4. The summed E-state index contributed by atoms with van der Waals surface area (Å²) in [6.45, 7) is 1.86. The Balaban J connectivity index is 1.74. The molecule has 0 aromatic heterocycles. The highest BCUT2D eigenvalue weighted by Crippen LogP contribution is 2.30. The second-order valence-electron chi connectivity index (χ2n) is 5.65. The Bertz CT molecular complexity index is 345. The monoisotopic (exact) mass is 285 g/mol. The number of carboxylic acids is 1. The number of hydrogen-bond donors (Lipinski definition) is 2. The van der Waals surface area contributed by atoms with Crippen molar-refractivity contribution >= 4 is 11.9 Å². The summed E-state index contributed by atoms with van der Waals surface area (Å²) in [5.41, 5.74) is -0.863. The van der Waals surface area contributed by atoms with Gasteiger partial charge in [-0.15, -0.1) is 0 Å². The highest BCUT2D eigenvalue weighted by atomic mass is 16.5. The van der Waals surface area contributed by atoms with Crippen LogP contribution in [0.2, 0.25) is 0 Å². The zero-order valence-corrected chi connectivity index (χ0v) is 11.7. The number of nitrogens with one attached hydrogen (secondary N) is 1. The Morgan fingerprint density at radius 3 is 2.60 bits per heavy atom. The molecule has 0 bridgehead atoms.